The summed E-state index contributed by atoms with van der Waals surface area (Å²) in [4.78, 5) is 34.0. The van der Waals surface area contributed by atoms with Crippen molar-refractivity contribution in [1.29, 1.82) is 0 Å². The van der Waals surface area contributed by atoms with Gasteiger partial charge in [-0.3, -0.25) is 14.5 Å². The van der Waals surface area contributed by atoms with E-state index in [2.05, 4.69) is 4.98 Å². The molecule has 5 nitrogen and oxygen atoms in total. The van der Waals surface area contributed by atoms with Crippen molar-refractivity contribution >= 4 is 34.5 Å². The molecule has 6 heteroatoms. The van der Waals surface area contributed by atoms with Gasteiger partial charge in [-0.15, -0.1) is 11.8 Å². The lowest BCUT2D eigenvalue weighted by molar-refractivity contribution is 0.0970. The van der Waals surface area contributed by atoms with Crippen LogP contribution in [0.1, 0.15) is 33.3 Å². The quantitative estimate of drug-likeness (QED) is 0.443. The van der Waals surface area contributed by atoms with E-state index in [1.165, 1.54) is 0 Å². The Labute approximate surface area is 177 Å². The summed E-state index contributed by atoms with van der Waals surface area (Å²) in [6.07, 6.45) is 3.67. The summed E-state index contributed by atoms with van der Waals surface area (Å²) in [5.41, 5.74) is 2.40. The molecule has 0 N–H and O–H groups in total. The van der Waals surface area contributed by atoms with Gasteiger partial charge in [0.15, 0.2) is 5.43 Å². The highest BCUT2D eigenvalue weighted by Crippen LogP contribution is 2.40. The molecule has 0 unspecified atom stereocenters. The van der Waals surface area contributed by atoms with E-state index in [-0.39, 0.29) is 17.1 Å². The number of anilines is 1. The number of nitrogens with zero attached hydrogens (tertiary/aromatic N) is 2. The van der Waals surface area contributed by atoms with Crippen molar-refractivity contribution in [3.63, 3.8) is 0 Å². The minimum Gasteiger partial charge on any atom is -0.450 e. The molecule has 3 heterocycles. The van der Waals surface area contributed by atoms with Gasteiger partial charge in [-0.05, 0) is 60.7 Å². The SMILES string of the molecule is CSc1ccc([C@H]2c3c(oc4ccccc4c3=O)C(=O)N2c2cc(C)ccn2)cc1. The van der Waals surface area contributed by atoms with Crippen LogP contribution >= 0.6 is 11.8 Å². The number of benzene rings is 2. The number of amides is 1. The number of carbonyl (C=O) groups is 1. The van der Waals surface area contributed by atoms with Crippen LogP contribution in [0.25, 0.3) is 11.0 Å². The number of hydrogen-bond acceptors (Lipinski definition) is 5. The number of para-hydroxylation sites is 1. The lowest BCUT2D eigenvalue weighted by atomic mass is 9.98. The summed E-state index contributed by atoms with van der Waals surface area (Å²) < 4.78 is 5.95. The molecule has 1 amide bonds. The summed E-state index contributed by atoms with van der Waals surface area (Å²) in [6.45, 7) is 1.94. The van der Waals surface area contributed by atoms with E-state index in [9.17, 15) is 9.59 Å². The summed E-state index contributed by atoms with van der Waals surface area (Å²) in [5, 5.41) is 0.467. The van der Waals surface area contributed by atoms with Gasteiger partial charge in [0.05, 0.1) is 17.0 Å². The zero-order chi connectivity index (χ0) is 20.8. The molecule has 148 valence electrons. The maximum atomic E-state index is 13.5. The van der Waals surface area contributed by atoms with E-state index in [1.54, 1.807) is 47.1 Å². The molecule has 1 aliphatic heterocycles. The van der Waals surface area contributed by atoms with Gasteiger partial charge in [-0.1, -0.05) is 24.3 Å². The Kier molecular flexibility index (Phi) is 4.44. The van der Waals surface area contributed by atoms with Crippen LogP contribution in [-0.4, -0.2) is 17.1 Å². The van der Waals surface area contributed by atoms with E-state index >= 15 is 0 Å². The minimum absolute atomic E-state index is 0.0842. The first kappa shape index (κ1) is 18.6. The molecule has 5 rings (SSSR count). The molecular formula is C24H18N2O3S. The Hall–Kier alpha value is -3.38. The molecule has 0 radical (unpaired) electrons. The van der Waals surface area contributed by atoms with E-state index < -0.39 is 6.04 Å². The van der Waals surface area contributed by atoms with Crippen LogP contribution < -0.4 is 10.3 Å². The average molecular weight is 414 g/mol. The van der Waals surface area contributed by atoms with Gasteiger partial charge in [0.25, 0.3) is 5.91 Å². The topological polar surface area (TPSA) is 63.4 Å². The van der Waals surface area contributed by atoms with E-state index in [0.717, 1.165) is 16.0 Å². The molecular weight excluding hydrogens is 396 g/mol. The molecule has 0 saturated heterocycles. The predicted octanol–water partition coefficient (Wildman–Crippen LogP) is 4.97. The fraction of sp³-hybridized carbons (Fsp3) is 0.125. The largest absolute Gasteiger partial charge is 0.450 e. The number of carbonyl (C=O) groups excluding carboxylic acids is 1. The van der Waals surface area contributed by atoms with Gasteiger partial charge in [0.2, 0.25) is 5.76 Å². The van der Waals surface area contributed by atoms with Crippen molar-refractivity contribution < 1.29 is 9.21 Å². The van der Waals surface area contributed by atoms with E-state index in [0.29, 0.717) is 22.4 Å². The summed E-state index contributed by atoms with van der Waals surface area (Å²) >= 11 is 1.64. The van der Waals surface area contributed by atoms with E-state index in [1.807, 2.05) is 49.6 Å². The van der Waals surface area contributed by atoms with Crippen LogP contribution in [0.2, 0.25) is 0 Å². The van der Waals surface area contributed by atoms with Crippen molar-refractivity contribution in [3.05, 3.63) is 99.5 Å². The minimum atomic E-state index is -0.599. The van der Waals surface area contributed by atoms with Crippen molar-refractivity contribution in [3.8, 4) is 0 Å². The van der Waals surface area contributed by atoms with Crippen LogP contribution in [0.3, 0.4) is 0 Å². The third kappa shape index (κ3) is 2.83. The molecule has 0 saturated carbocycles. The Morgan fingerprint density at radius 3 is 2.53 bits per heavy atom. The van der Waals surface area contributed by atoms with Crippen molar-refractivity contribution in [2.24, 2.45) is 0 Å². The molecule has 0 fully saturated rings. The average Bonchev–Trinajstić information content (AvgIpc) is 3.06. The van der Waals surface area contributed by atoms with Gasteiger partial charge >= 0.3 is 0 Å². The van der Waals surface area contributed by atoms with Crippen LogP contribution in [0.15, 0.2) is 81.0 Å². The van der Waals surface area contributed by atoms with Gasteiger partial charge in [0, 0.05) is 11.1 Å². The first-order valence-electron chi connectivity index (χ1n) is 9.54. The standard InChI is InChI=1S/C24H18N2O3S/c1-14-11-12-25-19(13-14)26-21(15-7-9-16(30-2)10-8-15)20-22(27)17-5-3-4-6-18(17)29-23(20)24(26)28/h3-13,21H,1-2H3/t21-/m0/s1. The molecule has 0 spiro atoms. The normalized spacial score (nSPS) is 15.6. The predicted molar refractivity (Wildman–Crippen MR) is 118 cm³/mol. The molecule has 0 bridgehead atoms. The van der Waals surface area contributed by atoms with Crippen LogP contribution in [0, 0.1) is 6.92 Å². The molecule has 1 atom stereocenters. The number of aryl methyl sites for hydroxylation is 1. The molecule has 4 aromatic rings. The third-order valence-corrected chi connectivity index (χ3v) is 6.10. The molecule has 0 aliphatic carbocycles. The number of fused-ring (bicyclic) bond motifs is 2. The Balaban J connectivity index is 1.80. The molecule has 30 heavy (non-hydrogen) atoms. The maximum absolute atomic E-state index is 13.5. The second kappa shape index (κ2) is 7.15. The number of aromatic nitrogens is 1. The fourth-order valence-corrected chi connectivity index (χ4v) is 4.32. The molecule has 1 aliphatic rings. The number of rotatable bonds is 3. The number of pyridine rings is 1. The third-order valence-electron chi connectivity index (χ3n) is 5.36. The zero-order valence-corrected chi connectivity index (χ0v) is 17.3. The van der Waals surface area contributed by atoms with Gasteiger partial charge < -0.3 is 4.42 Å². The summed E-state index contributed by atoms with van der Waals surface area (Å²) in [6, 6.07) is 18.0. The van der Waals surface area contributed by atoms with Crippen molar-refractivity contribution in [2.45, 2.75) is 17.9 Å². The van der Waals surface area contributed by atoms with Crippen molar-refractivity contribution in [2.75, 3.05) is 11.2 Å². The van der Waals surface area contributed by atoms with Crippen LogP contribution in [0.5, 0.6) is 0 Å². The number of hydrogen-bond donors (Lipinski definition) is 0. The second-order valence-electron chi connectivity index (χ2n) is 7.21. The summed E-state index contributed by atoms with van der Waals surface area (Å²) in [5.74, 6) is 0.222. The van der Waals surface area contributed by atoms with Gasteiger partial charge in [0.1, 0.15) is 11.4 Å². The monoisotopic (exact) mass is 414 g/mol. The van der Waals surface area contributed by atoms with Crippen molar-refractivity contribution in [1.82, 2.24) is 4.98 Å². The highest BCUT2D eigenvalue weighted by atomic mass is 32.2. The van der Waals surface area contributed by atoms with E-state index in [4.69, 9.17) is 4.42 Å². The molecule has 2 aromatic carbocycles. The van der Waals surface area contributed by atoms with Crippen LogP contribution in [-0.2, 0) is 0 Å². The smallest absolute Gasteiger partial charge is 0.296 e. The van der Waals surface area contributed by atoms with Gasteiger partial charge in [-0.2, -0.15) is 0 Å². The summed E-state index contributed by atoms with van der Waals surface area (Å²) in [7, 11) is 0. The zero-order valence-electron chi connectivity index (χ0n) is 16.5. The lowest BCUT2D eigenvalue weighted by Crippen LogP contribution is -2.30. The first-order valence-corrected chi connectivity index (χ1v) is 10.8. The number of thioether (sulfide) groups is 1. The maximum Gasteiger partial charge on any atom is 0.296 e. The highest BCUT2D eigenvalue weighted by molar-refractivity contribution is 7.98. The molecule has 2 aromatic heterocycles. The lowest BCUT2D eigenvalue weighted by Gasteiger charge is -2.24. The second-order valence-corrected chi connectivity index (χ2v) is 8.09. The fourth-order valence-electron chi connectivity index (χ4n) is 3.91. The first-order chi connectivity index (χ1) is 14.6. The Bertz CT molecular complexity index is 1340. The highest BCUT2D eigenvalue weighted by Gasteiger charge is 2.44. The Morgan fingerprint density at radius 2 is 1.80 bits per heavy atom. The van der Waals surface area contributed by atoms with Gasteiger partial charge in [-0.25, -0.2) is 4.98 Å². The Morgan fingerprint density at radius 1 is 1.03 bits per heavy atom. The van der Waals surface area contributed by atoms with Crippen LogP contribution in [0.4, 0.5) is 5.82 Å².